The van der Waals surface area contributed by atoms with Gasteiger partial charge in [-0.2, -0.15) is 0 Å². The van der Waals surface area contributed by atoms with Crippen molar-refractivity contribution in [1.82, 2.24) is 4.90 Å². The van der Waals surface area contributed by atoms with Crippen LogP contribution in [0, 0.1) is 5.92 Å². The van der Waals surface area contributed by atoms with E-state index in [0.29, 0.717) is 28.2 Å². The molecule has 0 saturated heterocycles. The van der Waals surface area contributed by atoms with E-state index in [-0.39, 0.29) is 18.4 Å². The third-order valence-electron chi connectivity index (χ3n) is 2.51. The first-order valence-electron chi connectivity index (χ1n) is 6.29. The Kier molecular flexibility index (Phi) is 6.30. The lowest BCUT2D eigenvalue weighted by molar-refractivity contribution is -0.133. The number of hydrogen-bond donors (Lipinski definition) is 1. The summed E-state index contributed by atoms with van der Waals surface area (Å²) in [6.07, 6.45) is 0. The van der Waals surface area contributed by atoms with E-state index in [1.54, 1.807) is 18.2 Å². The molecule has 4 nitrogen and oxygen atoms in total. The Morgan fingerprint density at radius 1 is 1.20 bits per heavy atom. The lowest BCUT2D eigenvalue weighted by Crippen LogP contribution is -2.38. The smallest absolute Gasteiger partial charge is 0.243 e. The van der Waals surface area contributed by atoms with Gasteiger partial charge in [-0.1, -0.05) is 37.0 Å². The summed E-state index contributed by atoms with van der Waals surface area (Å²) in [5.74, 6) is -0.107. The van der Waals surface area contributed by atoms with Gasteiger partial charge in [0.2, 0.25) is 11.8 Å². The zero-order valence-electron chi connectivity index (χ0n) is 11.7. The van der Waals surface area contributed by atoms with Crippen molar-refractivity contribution < 1.29 is 9.59 Å². The molecule has 2 amide bonds. The van der Waals surface area contributed by atoms with Crippen LogP contribution in [0.2, 0.25) is 10.0 Å². The molecule has 1 rings (SSSR count). The standard InChI is InChI=1S/C14H18Cl2N2O2/c1-9(2)7-18(10(3)19)8-14(20)17-13-5-11(15)4-12(16)6-13/h4-6,9H,7-8H2,1-3H3,(H,17,20). The van der Waals surface area contributed by atoms with Crippen molar-refractivity contribution in [2.45, 2.75) is 20.8 Å². The van der Waals surface area contributed by atoms with Crippen LogP contribution in [0.5, 0.6) is 0 Å². The number of nitrogens with zero attached hydrogens (tertiary/aromatic N) is 1. The number of nitrogens with one attached hydrogen (secondary N) is 1. The van der Waals surface area contributed by atoms with E-state index in [2.05, 4.69) is 5.32 Å². The molecule has 0 spiro atoms. The molecule has 1 aromatic carbocycles. The second-order valence-electron chi connectivity index (χ2n) is 5.00. The van der Waals surface area contributed by atoms with Gasteiger partial charge in [-0.25, -0.2) is 0 Å². The topological polar surface area (TPSA) is 49.4 Å². The maximum absolute atomic E-state index is 11.9. The summed E-state index contributed by atoms with van der Waals surface area (Å²) in [7, 11) is 0. The Bertz CT molecular complexity index is 484. The normalized spacial score (nSPS) is 10.5. The van der Waals surface area contributed by atoms with Gasteiger partial charge in [-0.05, 0) is 24.1 Å². The van der Waals surface area contributed by atoms with E-state index in [0.717, 1.165) is 0 Å². The van der Waals surface area contributed by atoms with Crippen LogP contribution in [0.25, 0.3) is 0 Å². The first kappa shape index (κ1) is 16.8. The summed E-state index contributed by atoms with van der Waals surface area (Å²) in [5.41, 5.74) is 0.514. The molecule has 6 heteroatoms. The second-order valence-corrected chi connectivity index (χ2v) is 5.87. The van der Waals surface area contributed by atoms with Gasteiger partial charge in [0.05, 0.1) is 6.54 Å². The van der Waals surface area contributed by atoms with Gasteiger partial charge in [0.25, 0.3) is 0 Å². The van der Waals surface area contributed by atoms with Gasteiger partial charge in [-0.15, -0.1) is 0 Å². The van der Waals surface area contributed by atoms with Crippen molar-refractivity contribution in [2.75, 3.05) is 18.4 Å². The summed E-state index contributed by atoms with van der Waals surface area (Å²) in [6.45, 7) is 5.98. The fraction of sp³-hybridized carbons (Fsp3) is 0.429. The number of anilines is 1. The molecule has 0 bridgehead atoms. The van der Waals surface area contributed by atoms with E-state index in [1.807, 2.05) is 13.8 Å². The van der Waals surface area contributed by atoms with Gasteiger partial charge < -0.3 is 10.2 Å². The molecule has 0 radical (unpaired) electrons. The number of halogens is 2. The number of amides is 2. The molecule has 0 heterocycles. The minimum atomic E-state index is -0.279. The van der Waals surface area contributed by atoms with Crippen LogP contribution in [0.3, 0.4) is 0 Å². The van der Waals surface area contributed by atoms with Crippen molar-refractivity contribution in [1.29, 1.82) is 0 Å². The van der Waals surface area contributed by atoms with E-state index >= 15 is 0 Å². The summed E-state index contributed by atoms with van der Waals surface area (Å²) in [6, 6.07) is 4.79. The van der Waals surface area contributed by atoms with Crippen LogP contribution in [0.1, 0.15) is 20.8 Å². The molecule has 0 atom stereocenters. The quantitative estimate of drug-likeness (QED) is 0.904. The minimum Gasteiger partial charge on any atom is -0.333 e. The number of carbonyl (C=O) groups is 2. The highest BCUT2D eigenvalue weighted by atomic mass is 35.5. The monoisotopic (exact) mass is 316 g/mol. The number of rotatable bonds is 5. The first-order valence-corrected chi connectivity index (χ1v) is 7.05. The lowest BCUT2D eigenvalue weighted by Gasteiger charge is -2.22. The molecule has 20 heavy (non-hydrogen) atoms. The van der Waals surface area contributed by atoms with Gasteiger partial charge in [0.15, 0.2) is 0 Å². The maximum atomic E-state index is 11.9. The average molecular weight is 317 g/mol. The third-order valence-corrected chi connectivity index (χ3v) is 2.95. The molecule has 0 aliphatic rings. The Labute approximate surface area is 129 Å². The molecule has 0 aliphatic carbocycles. The van der Waals surface area contributed by atoms with Crippen molar-refractivity contribution in [3.63, 3.8) is 0 Å². The van der Waals surface area contributed by atoms with Crippen molar-refractivity contribution in [3.05, 3.63) is 28.2 Å². The lowest BCUT2D eigenvalue weighted by atomic mass is 10.2. The number of hydrogen-bond acceptors (Lipinski definition) is 2. The molecule has 1 aromatic rings. The Morgan fingerprint density at radius 3 is 2.20 bits per heavy atom. The molecule has 0 saturated carbocycles. The van der Waals surface area contributed by atoms with Gasteiger partial charge in [-0.3, -0.25) is 9.59 Å². The molecule has 110 valence electrons. The molecular weight excluding hydrogens is 299 g/mol. The summed E-state index contributed by atoms with van der Waals surface area (Å²) < 4.78 is 0. The highest BCUT2D eigenvalue weighted by Gasteiger charge is 2.15. The molecule has 1 N–H and O–H groups in total. The SMILES string of the molecule is CC(=O)N(CC(=O)Nc1cc(Cl)cc(Cl)c1)CC(C)C. The first-order chi connectivity index (χ1) is 9.27. The number of carbonyl (C=O) groups excluding carboxylic acids is 2. The van der Waals surface area contributed by atoms with E-state index in [9.17, 15) is 9.59 Å². The van der Waals surface area contributed by atoms with Crippen LogP contribution in [0.4, 0.5) is 5.69 Å². The molecule has 0 unspecified atom stereocenters. The van der Waals surface area contributed by atoms with Crippen molar-refractivity contribution in [3.8, 4) is 0 Å². The van der Waals surface area contributed by atoms with E-state index < -0.39 is 0 Å². The predicted octanol–water partition coefficient (Wildman–Crippen LogP) is 3.44. The third kappa shape index (κ3) is 5.80. The highest BCUT2D eigenvalue weighted by Crippen LogP contribution is 2.22. The van der Waals surface area contributed by atoms with Crippen LogP contribution >= 0.6 is 23.2 Å². The van der Waals surface area contributed by atoms with E-state index in [1.165, 1.54) is 11.8 Å². The van der Waals surface area contributed by atoms with Crippen LogP contribution < -0.4 is 5.32 Å². The van der Waals surface area contributed by atoms with Gasteiger partial charge in [0, 0.05) is 29.2 Å². The van der Waals surface area contributed by atoms with Crippen LogP contribution in [-0.2, 0) is 9.59 Å². The molecular formula is C14H18Cl2N2O2. The predicted molar refractivity (Wildman–Crippen MR) is 82.2 cm³/mol. The average Bonchev–Trinajstić information content (AvgIpc) is 2.25. The largest absolute Gasteiger partial charge is 0.333 e. The molecule has 0 aliphatic heterocycles. The Morgan fingerprint density at radius 2 is 1.75 bits per heavy atom. The van der Waals surface area contributed by atoms with E-state index in [4.69, 9.17) is 23.2 Å². The zero-order chi connectivity index (χ0) is 15.3. The Balaban J connectivity index is 2.68. The zero-order valence-corrected chi connectivity index (χ0v) is 13.3. The Hall–Kier alpha value is -1.26. The summed E-state index contributed by atoms with van der Waals surface area (Å²) in [4.78, 5) is 24.9. The van der Waals surface area contributed by atoms with Gasteiger partial charge >= 0.3 is 0 Å². The van der Waals surface area contributed by atoms with Gasteiger partial charge in [0.1, 0.15) is 0 Å². The van der Waals surface area contributed by atoms with Crippen LogP contribution in [-0.4, -0.2) is 29.8 Å². The van der Waals surface area contributed by atoms with Crippen molar-refractivity contribution in [2.24, 2.45) is 5.92 Å². The summed E-state index contributed by atoms with van der Waals surface area (Å²) >= 11 is 11.7. The van der Waals surface area contributed by atoms with Crippen molar-refractivity contribution >= 4 is 40.7 Å². The highest BCUT2D eigenvalue weighted by molar-refractivity contribution is 6.35. The number of benzene rings is 1. The molecule has 0 aromatic heterocycles. The second kappa shape index (κ2) is 7.50. The fourth-order valence-electron chi connectivity index (χ4n) is 1.75. The summed E-state index contributed by atoms with van der Waals surface area (Å²) in [5, 5.41) is 3.57. The molecule has 0 fully saturated rings. The van der Waals surface area contributed by atoms with Crippen LogP contribution in [0.15, 0.2) is 18.2 Å². The maximum Gasteiger partial charge on any atom is 0.243 e. The fourth-order valence-corrected chi connectivity index (χ4v) is 2.27. The minimum absolute atomic E-state index is 0.0116.